The maximum absolute atomic E-state index is 13.6. The van der Waals surface area contributed by atoms with Gasteiger partial charge in [0.25, 0.3) is 11.8 Å². The Balaban J connectivity index is 0.759. The van der Waals surface area contributed by atoms with Gasteiger partial charge in [0.1, 0.15) is 47.8 Å². The molecule has 8 rings (SSSR count). The maximum atomic E-state index is 13.6. The topological polar surface area (TPSA) is 222 Å². The summed E-state index contributed by atoms with van der Waals surface area (Å²) in [6.45, 7) is 4.25. The predicted molar refractivity (Wildman–Crippen MR) is 238 cm³/mol. The summed E-state index contributed by atoms with van der Waals surface area (Å²) >= 11 is 6.68. The number of fused-ring (bicyclic) bond motifs is 2. The number of imidazole rings is 1. The van der Waals surface area contributed by atoms with Crippen molar-refractivity contribution in [2.75, 3.05) is 59.5 Å². The van der Waals surface area contributed by atoms with E-state index in [1.165, 1.54) is 12.1 Å². The van der Waals surface area contributed by atoms with Crippen LogP contribution in [0.1, 0.15) is 46.0 Å². The molecule has 1 fully saturated rings. The predicted octanol–water partition coefficient (Wildman–Crippen LogP) is 6.35. The van der Waals surface area contributed by atoms with E-state index in [-0.39, 0.29) is 73.9 Å². The average Bonchev–Trinajstić information content (AvgIpc) is 3.94. The molecule has 4 amide bonds. The number of carbonyl (C=O) groups excluding carboxylic acids is 4. The fourth-order valence-corrected chi connectivity index (χ4v) is 7.86. The second kappa shape index (κ2) is 20.6. The Bertz CT molecular complexity index is 2910. The summed E-state index contributed by atoms with van der Waals surface area (Å²) in [4.78, 5) is 71.8. The third-order valence-electron chi connectivity index (χ3n) is 10.7. The van der Waals surface area contributed by atoms with Crippen LogP contribution in [0.5, 0.6) is 17.2 Å². The number of carbonyl (C=O) groups is 4. The molecule has 2 N–H and O–H groups in total. The molecule has 18 heteroatoms. The number of piperidine rings is 1. The van der Waals surface area contributed by atoms with Crippen LogP contribution >= 0.6 is 11.6 Å². The standard InChI is InChI=1S/C48H42ClN5O12/c1-2-63-41-24-43-35(22-34(41)29-18-28(25-50)19-30(20-29)37-26-51-27-52-37)39(55)23-42(66-43)32-7-6-31(21-36(32)49)64-16-14-61-12-10-60-11-13-62-15-17-65-40-5-3-4-33-45(40)48(59)54(47(33)58)38-8-9-44(56)53-46(38)57/h3-7,18-24,26-27,38H,2,8-17H2,1H3,(H,51,52)(H,53,56,57). The van der Waals surface area contributed by atoms with Gasteiger partial charge in [-0.1, -0.05) is 17.7 Å². The molecule has 0 radical (unpaired) electrons. The normalized spacial score (nSPS) is 14.6. The highest BCUT2D eigenvalue weighted by atomic mass is 35.5. The van der Waals surface area contributed by atoms with Crippen molar-refractivity contribution in [1.82, 2.24) is 20.2 Å². The van der Waals surface area contributed by atoms with Crippen molar-refractivity contribution >= 4 is 46.2 Å². The van der Waals surface area contributed by atoms with Gasteiger partial charge in [-0.2, -0.15) is 5.26 Å². The van der Waals surface area contributed by atoms with Gasteiger partial charge in [0.05, 0.1) is 97.6 Å². The second-order valence-electron chi connectivity index (χ2n) is 14.9. The fraction of sp³-hybridized carbons (Fsp3) is 0.271. The lowest BCUT2D eigenvalue weighted by Crippen LogP contribution is -2.54. The van der Waals surface area contributed by atoms with Crippen molar-refractivity contribution in [1.29, 1.82) is 5.26 Å². The highest BCUT2D eigenvalue weighted by Gasteiger charge is 2.46. The number of imide groups is 2. The van der Waals surface area contributed by atoms with Crippen LogP contribution < -0.4 is 25.0 Å². The number of ether oxygens (including phenoxy) is 6. The molecule has 0 saturated carbocycles. The zero-order valence-corrected chi connectivity index (χ0v) is 36.3. The summed E-state index contributed by atoms with van der Waals surface area (Å²) in [5, 5.41) is 12.6. The number of nitriles is 1. The zero-order valence-electron chi connectivity index (χ0n) is 35.6. The average molecular weight is 916 g/mol. The van der Waals surface area contributed by atoms with E-state index in [0.29, 0.717) is 76.2 Å². The number of nitrogens with one attached hydrogen (secondary N) is 2. The smallest absolute Gasteiger partial charge is 0.266 e. The first kappa shape index (κ1) is 45.2. The minimum Gasteiger partial charge on any atom is -0.493 e. The molecule has 2 aliphatic heterocycles. The minimum absolute atomic E-state index is 0.0318. The molecule has 2 aromatic heterocycles. The molecule has 338 valence electrons. The Labute approximate surface area is 382 Å². The summed E-state index contributed by atoms with van der Waals surface area (Å²) in [5.41, 5.74) is 3.97. The number of halogens is 1. The van der Waals surface area contributed by atoms with E-state index in [2.05, 4.69) is 21.4 Å². The van der Waals surface area contributed by atoms with Crippen LogP contribution in [-0.2, 0) is 23.8 Å². The lowest BCUT2D eigenvalue weighted by molar-refractivity contribution is -0.136. The monoisotopic (exact) mass is 915 g/mol. The molecule has 66 heavy (non-hydrogen) atoms. The Hall–Kier alpha value is -7.36. The van der Waals surface area contributed by atoms with E-state index in [4.69, 9.17) is 44.4 Å². The minimum atomic E-state index is -1.06. The first-order valence-corrected chi connectivity index (χ1v) is 21.4. The van der Waals surface area contributed by atoms with E-state index in [0.717, 1.165) is 16.2 Å². The maximum Gasteiger partial charge on any atom is 0.266 e. The van der Waals surface area contributed by atoms with Gasteiger partial charge in [-0.25, -0.2) is 4.98 Å². The van der Waals surface area contributed by atoms with E-state index < -0.39 is 29.7 Å². The number of hydrogen-bond acceptors (Lipinski definition) is 14. The summed E-state index contributed by atoms with van der Waals surface area (Å²) in [7, 11) is 0. The number of aromatic nitrogens is 2. The largest absolute Gasteiger partial charge is 0.493 e. The van der Waals surface area contributed by atoms with Gasteiger partial charge in [0, 0.05) is 35.2 Å². The number of nitrogens with zero attached hydrogens (tertiary/aromatic N) is 3. The highest BCUT2D eigenvalue weighted by Crippen LogP contribution is 2.39. The third kappa shape index (κ3) is 9.97. The Morgan fingerprint density at radius 2 is 1.53 bits per heavy atom. The molecule has 6 aromatic rings. The van der Waals surface area contributed by atoms with Crippen molar-refractivity contribution < 1.29 is 52.0 Å². The lowest BCUT2D eigenvalue weighted by atomic mass is 9.97. The van der Waals surface area contributed by atoms with Crippen LogP contribution in [0.4, 0.5) is 0 Å². The molecule has 0 spiro atoms. The van der Waals surface area contributed by atoms with Gasteiger partial charge < -0.3 is 37.8 Å². The van der Waals surface area contributed by atoms with Gasteiger partial charge in [-0.3, -0.25) is 34.2 Å². The van der Waals surface area contributed by atoms with Crippen LogP contribution in [0, 0.1) is 11.3 Å². The Morgan fingerprint density at radius 1 is 0.788 bits per heavy atom. The van der Waals surface area contributed by atoms with E-state index >= 15 is 0 Å². The van der Waals surface area contributed by atoms with E-state index in [9.17, 15) is 29.2 Å². The number of amides is 4. The zero-order chi connectivity index (χ0) is 46.2. The molecule has 4 heterocycles. The summed E-state index contributed by atoms with van der Waals surface area (Å²) in [5.74, 6) is -0.932. The highest BCUT2D eigenvalue weighted by molar-refractivity contribution is 6.33. The number of H-pyrrole nitrogens is 1. The molecule has 2 aliphatic rings. The number of benzene rings is 4. The summed E-state index contributed by atoms with van der Waals surface area (Å²) in [6, 6.07) is 21.0. The number of hydrogen-bond donors (Lipinski definition) is 2. The van der Waals surface area contributed by atoms with Crippen molar-refractivity contribution in [2.45, 2.75) is 25.8 Å². The first-order valence-electron chi connectivity index (χ1n) is 21.1. The van der Waals surface area contributed by atoms with Gasteiger partial charge in [-0.15, -0.1) is 0 Å². The molecule has 17 nitrogen and oxygen atoms in total. The number of aromatic amines is 1. The van der Waals surface area contributed by atoms with Crippen molar-refractivity contribution in [3.63, 3.8) is 0 Å². The first-order chi connectivity index (χ1) is 32.1. The molecular formula is C48H42ClN5O12. The van der Waals surface area contributed by atoms with Crippen LogP contribution in [0.25, 0.3) is 44.7 Å². The molecular weight excluding hydrogens is 874 g/mol. The van der Waals surface area contributed by atoms with Crippen LogP contribution in [0.15, 0.2) is 94.5 Å². The van der Waals surface area contributed by atoms with Gasteiger partial charge in [0.2, 0.25) is 11.8 Å². The molecule has 0 bridgehead atoms. The van der Waals surface area contributed by atoms with Gasteiger partial charge >= 0.3 is 0 Å². The molecule has 1 saturated heterocycles. The van der Waals surface area contributed by atoms with Gasteiger partial charge in [-0.05, 0) is 73.5 Å². The van der Waals surface area contributed by atoms with Crippen molar-refractivity contribution in [3.05, 3.63) is 117 Å². The third-order valence-corrected chi connectivity index (χ3v) is 11.0. The lowest BCUT2D eigenvalue weighted by Gasteiger charge is -2.27. The van der Waals surface area contributed by atoms with Gasteiger partial charge in [0.15, 0.2) is 5.43 Å². The quantitative estimate of drug-likeness (QED) is 0.0630. The van der Waals surface area contributed by atoms with E-state index in [1.807, 2.05) is 13.0 Å². The SMILES string of the molecule is CCOc1cc2oc(-c3ccc(OCCOCCOCCOCCOc4cccc5c4C(=O)N(C4CCC(=O)NC4=O)C5=O)cc3Cl)cc(=O)c2cc1-c1cc(C#N)cc(-c2cnc[nH]2)c1. The summed E-state index contributed by atoms with van der Waals surface area (Å²) in [6.07, 6.45) is 3.33. The second-order valence-corrected chi connectivity index (χ2v) is 15.3. The number of rotatable bonds is 20. The Morgan fingerprint density at radius 3 is 2.23 bits per heavy atom. The van der Waals surface area contributed by atoms with Crippen LogP contribution in [0.3, 0.4) is 0 Å². The molecule has 1 atom stereocenters. The van der Waals surface area contributed by atoms with Crippen molar-refractivity contribution in [3.8, 4) is 57.0 Å². The fourth-order valence-electron chi connectivity index (χ4n) is 7.59. The van der Waals surface area contributed by atoms with E-state index in [1.54, 1.807) is 67.1 Å². The Kier molecular flexibility index (Phi) is 14.1. The molecule has 4 aromatic carbocycles. The van der Waals surface area contributed by atoms with Crippen LogP contribution in [-0.4, -0.2) is 104 Å². The van der Waals surface area contributed by atoms with Crippen LogP contribution in [0.2, 0.25) is 5.02 Å². The van der Waals surface area contributed by atoms with Crippen molar-refractivity contribution in [2.24, 2.45) is 0 Å². The summed E-state index contributed by atoms with van der Waals surface area (Å²) < 4.78 is 40.6. The molecule has 0 aliphatic carbocycles. The molecule has 1 unspecified atom stereocenters.